The van der Waals surface area contributed by atoms with E-state index in [4.69, 9.17) is 9.47 Å². The maximum Gasteiger partial charge on any atom is 0.124 e. The smallest absolute Gasteiger partial charge is 0.124 e. The maximum absolute atomic E-state index is 9.69. The van der Waals surface area contributed by atoms with Crippen molar-refractivity contribution in [3.63, 3.8) is 0 Å². The average Bonchev–Trinajstić information content (AvgIpc) is 2.38. The molecule has 0 saturated carbocycles. The minimum atomic E-state index is -0.532. The summed E-state index contributed by atoms with van der Waals surface area (Å²) in [4.78, 5) is 0. The van der Waals surface area contributed by atoms with E-state index in [9.17, 15) is 5.11 Å². The summed E-state index contributed by atoms with van der Waals surface area (Å²) in [5.41, 5.74) is 1.57. The molecule has 0 fully saturated rings. The molecular formula is C14H23NO3. The van der Waals surface area contributed by atoms with Gasteiger partial charge in [0.25, 0.3) is 0 Å². The Kier molecular flexibility index (Phi) is 5.59. The number of benzene rings is 1. The standard InChI is InChI=1S/C14H23NO3/c1-11-5-6-13(18-4)12(9-11)14(2,10-16)15-7-8-17-3/h5-6,9,15-16H,7-8,10H2,1-4H3. The number of aliphatic hydroxyl groups excluding tert-OH is 1. The second kappa shape index (κ2) is 6.73. The second-order valence-corrected chi connectivity index (χ2v) is 4.61. The van der Waals surface area contributed by atoms with Crippen LogP contribution in [0.1, 0.15) is 18.1 Å². The van der Waals surface area contributed by atoms with Crippen LogP contribution in [-0.2, 0) is 10.3 Å². The summed E-state index contributed by atoms with van der Waals surface area (Å²) in [7, 11) is 3.30. The number of rotatable bonds is 7. The van der Waals surface area contributed by atoms with Crippen LogP contribution < -0.4 is 10.1 Å². The van der Waals surface area contributed by atoms with E-state index in [0.717, 1.165) is 16.9 Å². The molecule has 1 rings (SSSR count). The van der Waals surface area contributed by atoms with Gasteiger partial charge in [0.1, 0.15) is 5.75 Å². The van der Waals surface area contributed by atoms with Crippen molar-refractivity contribution < 1.29 is 14.6 Å². The summed E-state index contributed by atoms with van der Waals surface area (Å²) >= 11 is 0. The van der Waals surface area contributed by atoms with E-state index in [0.29, 0.717) is 13.2 Å². The van der Waals surface area contributed by atoms with Crippen molar-refractivity contribution in [2.24, 2.45) is 0 Å². The van der Waals surface area contributed by atoms with Crippen LogP contribution in [0.3, 0.4) is 0 Å². The minimum Gasteiger partial charge on any atom is -0.496 e. The quantitative estimate of drug-likeness (QED) is 0.722. The molecule has 102 valence electrons. The van der Waals surface area contributed by atoms with E-state index in [1.54, 1.807) is 14.2 Å². The van der Waals surface area contributed by atoms with E-state index in [1.807, 2.05) is 32.0 Å². The van der Waals surface area contributed by atoms with Gasteiger partial charge in [-0.2, -0.15) is 0 Å². The molecule has 0 radical (unpaired) electrons. The van der Waals surface area contributed by atoms with Crippen LogP contribution in [0, 0.1) is 6.92 Å². The van der Waals surface area contributed by atoms with Gasteiger partial charge in [-0.1, -0.05) is 17.7 Å². The molecule has 0 aliphatic carbocycles. The molecule has 0 saturated heterocycles. The number of hydrogen-bond donors (Lipinski definition) is 2. The summed E-state index contributed by atoms with van der Waals surface area (Å²) in [6, 6.07) is 5.96. The van der Waals surface area contributed by atoms with Gasteiger partial charge in [0.2, 0.25) is 0 Å². The lowest BCUT2D eigenvalue weighted by Gasteiger charge is -2.31. The van der Waals surface area contributed by atoms with Gasteiger partial charge in [0.15, 0.2) is 0 Å². The van der Waals surface area contributed by atoms with Crippen LogP contribution in [0.4, 0.5) is 0 Å². The SMILES string of the molecule is COCCNC(C)(CO)c1cc(C)ccc1OC. The van der Waals surface area contributed by atoms with Gasteiger partial charge in [-0.05, 0) is 19.9 Å². The molecule has 18 heavy (non-hydrogen) atoms. The third-order valence-corrected chi connectivity index (χ3v) is 3.09. The molecule has 2 N–H and O–H groups in total. The van der Waals surface area contributed by atoms with E-state index in [2.05, 4.69) is 5.32 Å². The first kappa shape index (κ1) is 15.0. The van der Waals surface area contributed by atoms with Gasteiger partial charge >= 0.3 is 0 Å². The Hall–Kier alpha value is -1.10. The Balaban J connectivity index is 3.01. The Morgan fingerprint density at radius 2 is 2.06 bits per heavy atom. The molecule has 0 heterocycles. The molecule has 0 amide bonds. The topological polar surface area (TPSA) is 50.7 Å². The fourth-order valence-corrected chi connectivity index (χ4v) is 1.92. The monoisotopic (exact) mass is 253 g/mol. The second-order valence-electron chi connectivity index (χ2n) is 4.61. The number of methoxy groups -OCH3 is 2. The normalized spacial score (nSPS) is 14.3. The number of ether oxygens (including phenoxy) is 2. The van der Waals surface area contributed by atoms with Crippen LogP contribution in [0.2, 0.25) is 0 Å². The zero-order chi connectivity index (χ0) is 13.6. The maximum atomic E-state index is 9.69. The Morgan fingerprint density at radius 1 is 1.33 bits per heavy atom. The lowest BCUT2D eigenvalue weighted by Crippen LogP contribution is -2.44. The molecule has 0 spiro atoms. The van der Waals surface area contributed by atoms with E-state index >= 15 is 0 Å². The fraction of sp³-hybridized carbons (Fsp3) is 0.571. The molecule has 4 heteroatoms. The lowest BCUT2D eigenvalue weighted by atomic mass is 9.90. The molecule has 1 aromatic carbocycles. The van der Waals surface area contributed by atoms with E-state index in [-0.39, 0.29) is 6.61 Å². The lowest BCUT2D eigenvalue weighted by molar-refractivity contribution is 0.146. The van der Waals surface area contributed by atoms with Crippen LogP contribution in [0.25, 0.3) is 0 Å². The Bertz CT molecular complexity index is 381. The first-order valence-electron chi connectivity index (χ1n) is 6.07. The molecule has 1 atom stereocenters. The van der Waals surface area contributed by atoms with Crippen molar-refractivity contribution >= 4 is 0 Å². The average molecular weight is 253 g/mol. The van der Waals surface area contributed by atoms with Crippen LogP contribution >= 0.6 is 0 Å². The predicted molar refractivity (Wildman–Crippen MR) is 72.0 cm³/mol. The number of nitrogens with one attached hydrogen (secondary N) is 1. The van der Waals surface area contributed by atoms with Crippen LogP contribution in [-0.4, -0.2) is 39.1 Å². The highest BCUT2D eigenvalue weighted by atomic mass is 16.5. The Labute approximate surface area is 109 Å². The summed E-state index contributed by atoms with van der Waals surface area (Å²) in [6.45, 7) is 5.25. The fourth-order valence-electron chi connectivity index (χ4n) is 1.92. The third-order valence-electron chi connectivity index (χ3n) is 3.09. The van der Waals surface area contributed by atoms with Crippen molar-refractivity contribution in [2.45, 2.75) is 19.4 Å². The van der Waals surface area contributed by atoms with Crippen LogP contribution in [0.5, 0.6) is 5.75 Å². The van der Waals surface area contributed by atoms with Crippen molar-refractivity contribution in [1.29, 1.82) is 0 Å². The predicted octanol–water partition coefficient (Wildman–Crippen LogP) is 1.45. The van der Waals surface area contributed by atoms with Gasteiger partial charge in [-0.15, -0.1) is 0 Å². The summed E-state index contributed by atoms with van der Waals surface area (Å²) in [5.74, 6) is 0.780. The Morgan fingerprint density at radius 3 is 2.61 bits per heavy atom. The van der Waals surface area contributed by atoms with Gasteiger partial charge in [0.05, 0.1) is 25.9 Å². The summed E-state index contributed by atoms with van der Waals surface area (Å²) in [6.07, 6.45) is 0. The van der Waals surface area contributed by atoms with Crippen molar-refractivity contribution in [3.05, 3.63) is 29.3 Å². The molecule has 1 unspecified atom stereocenters. The first-order chi connectivity index (χ1) is 8.57. The molecular weight excluding hydrogens is 230 g/mol. The van der Waals surface area contributed by atoms with Crippen molar-refractivity contribution in [3.8, 4) is 5.75 Å². The highest BCUT2D eigenvalue weighted by molar-refractivity contribution is 5.41. The summed E-state index contributed by atoms with van der Waals surface area (Å²) < 4.78 is 10.4. The van der Waals surface area contributed by atoms with Crippen LogP contribution in [0.15, 0.2) is 18.2 Å². The van der Waals surface area contributed by atoms with E-state index in [1.165, 1.54) is 0 Å². The molecule has 0 bridgehead atoms. The zero-order valence-electron chi connectivity index (χ0n) is 11.6. The zero-order valence-corrected chi connectivity index (χ0v) is 11.6. The highest BCUT2D eigenvalue weighted by Crippen LogP contribution is 2.30. The minimum absolute atomic E-state index is 0.00344. The highest BCUT2D eigenvalue weighted by Gasteiger charge is 2.28. The third kappa shape index (κ3) is 3.45. The van der Waals surface area contributed by atoms with Gasteiger partial charge < -0.3 is 19.9 Å². The number of aliphatic hydroxyl groups is 1. The van der Waals surface area contributed by atoms with Crippen molar-refractivity contribution in [1.82, 2.24) is 5.32 Å². The number of hydrogen-bond acceptors (Lipinski definition) is 4. The molecule has 0 aromatic heterocycles. The largest absolute Gasteiger partial charge is 0.496 e. The summed E-state index contributed by atoms with van der Waals surface area (Å²) in [5, 5.41) is 13.0. The molecule has 0 aliphatic heterocycles. The van der Waals surface area contributed by atoms with E-state index < -0.39 is 5.54 Å². The van der Waals surface area contributed by atoms with Gasteiger partial charge in [-0.3, -0.25) is 0 Å². The van der Waals surface area contributed by atoms with Crippen molar-refractivity contribution in [2.75, 3.05) is 34.0 Å². The van der Waals surface area contributed by atoms with Gasteiger partial charge in [-0.25, -0.2) is 0 Å². The molecule has 4 nitrogen and oxygen atoms in total. The first-order valence-corrected chi connectivity index (χ1v) is 6.07. The molecule has 0 aliphatic rings. The molecule has 1 aromatic rings. The van der Waals surface area contributed by atoms with Gasteiger partial charge in [0, 0.05) is 19.2 Å². The number of aryl methyl sites for hydroxylation is 1.